The number of fused-ring (bicyclic) bond motifs is 2. The summed E-state index contributed by atoms with van der Waals surface area (Å²) in [5, 5.41) is -5.03. The van der Waals surface area contributed by atoms with Crippen molar-refractivity contribution in [2.45, 2.75) is 36.7 Å². The maximum atomic E-state index is 13.1. The Morgan fingerprint density at radius 3 is 2.00 bits per heavy atom. The maximum Gasteiger partial charge on any atom is 0.465 e. The SMILES string of the molecule is CS(=O)(=O)OC1CC2CC1CC2OC(=O)C(F)(F)S(=O)(=O)O. The third kappa shape index (κ3) is 3.39. The molecule has 2 bridgehead atoms. The van der Waals surface area contributed by atoms with Gasteiger partial charge in [-0.2, -0.15) is 25.6 Å². The molecular weight excluding hydrogens is 350 g/mol. The summed E-state index contributed by atoms with van der Waals surface area (Å²) in [6, 6.07) is 0. The highest BCUT2D eigenvalue weighted by Gasteiger charge is 2.57. The van der Waals surface area contributed by atoms with Gasteiger partial charge < -0.3 is 4.74 Å². The highest BCUT2D eigenvalue weighted by Crippen LogP contribution is 2.48. The molecule has 8 nitrogen and oxygen atoms in total. The van der Waals surface area contributed by atoms with Gasteiger partial charge in [0.05, 0.1) is 12.4 Å². The summed E-state index contributed by atoms with van der Waals surface area (Å²) < 4.78 is 86.9. The fourth-order valence-electron chi connectivity index (χ4n) is 2.97. The van der Waals surface area contributed by atoms with E-state index in [2.05, 4.69) is 4.74 Å². The van der Waals surface area contributed by atoms with Gasteiger partial charge in [0, 0.05) is 0 Å². The van der Waals surface area contributed by atoms with E-state index in [-0.39, 0.29) is 18.8 Å². The molecule has 2 fully saturated rings. The molecule has 4 unspecified atom stereocenters. The molecule has 12 heteroatoms. The number of alkyl halides is 2. The molecule has 1 N–H and O–H groups in total. The molecule has 2 rings (SSSR count). The minimum absolute atomic E-state index is 0.0954. The van der Waals surface area contributed by atoms with Crippen molar-refractivity contribution in [3.63, 3.8) is 0 Å². The normalized spacial score (nSPS) is 32.2. The lowest BCUT2D eigenvalue weighted by molar-refractivity contribution is -0.170. The van der Waals surface area contributed by atoms with Gasteiger partial charge in [-0.05, 0) is 31.1 Å². The maximum absolute atomic E-state index is 13.1. The number of carbonyl (C=O) groups excluding carboxylic acids is 1. The third-order valence-corrected chi connectivity index (χ3v) is 5.26. The molecule has 22 heavy (non-hydrogen) atoms. The van der Waals surface area contributed by atoms with Crippen molar-refractivity contribution in [1.82, 2.24) is 0 Å². The van der Waals surface area contributed by atoms with Gasteiger partial charge in [-0.1, -0.05) is 0 Å². The average molecular weight is 364 g/mol. The Morgan fingerprint density at radius 2 is 1.59 bits per heavy atom. The van der Waals surface area contributed by atoms with Crippen LogP contribution in [0.4, 0.5) is 8.78 Å². The molecule has 0 saturated heterocycles. The summed E-state index contributed by atoms with van der Waals surface area (Å²) in [4.78, 5) is 11.2. The van der Waals surface area contributed by atoms with E-state index in [9.17, 15) is 30.4 Å². The summed E-state index contributed by atoms with van der Waals surface area (Å²) in [6.45, 7) is 0. The van der Waals surface area contributed by atoms with Crippen LogP contribution >= 0.6 is 0 Å². The smallest absolute Gasteiger partial charge is 0.457 e. The molecule has 2 aliphatic carbocycles. The van der Waals surface area contributed by atoms with E-state index in [0.29, 0.717) is 6.42 Å². The van der Waals surface area contributed by atoms with Crippen molar-refractivity contribution in [3.05, 3.63) is 0 Å². The summed E-state index contributed by atoms with van der Waals surface area (Å²) >= 11 is 0. The zero-order valence-electron chi connectivity index (χ0n) is 11.3. The van der Waals surface area contributed by atoms with Crippen molar-refractivity contribution in [3.8, 4) is 0 Å². The fourth-order valence-corrected chi connectivity index (χ4v) is 3.91. The Bertz CT molecular complexity index is 671. The van der Waals surface area contributed by atoms with Crippen LogP contribution in [0.25, 0.3) is 0 Å². The van der Waals surface area contributed by atoms with Crippen LogP contribution in [0.1, 0.15) is 19.3 Å². The first-order valence-electron chi connectivity index (χ1n) is 6.25. The highest BCUT2D eigenvalue weighted by molar-refractivity contribution is 7.87. The molecule has 0 heterocycles. The number of hydrogen-bond acceptors (Lipinski definition) is 7. The number of hydrogen-bond donors (Lipinski definition) is 1. The number of ether oxygens (including phenoxy) is 1. The minimum Gasteiger partial charge on any atom is -0.457 e. The third-order valence-electron chi connectivity index (χ3n) is 3.85. The van der Waals surface area contributed by atoms with Crippen molar-refractivity contribution in [2.24, 2.45) is 11.8 Å². The van der Waals surface area contributed by atoms with E-state index >= 15 is 0 Å². The lowest BCUT2D eigenvalue weighted by Gasteiger charge is -2.27. The second kappa shape index (κ2) is 5.35. The number of rotatable bonds is 5. The first-order valence-corrected chi connectivity index (χ1v) is 9.51. The van der Waals surface area contributed by atoms with Crippen LogP contribution in [0.5, 0.6) is 0 Å². The van der Waals surface area contributed by atoms with Crippen LogP contribution in [0, 0.1) is 11.8 Å². The molecule has 0 amide bonds. The number of esters is 1. The first-order chi connectivity index (χ1) is 9.81. The van der Waals surface area contributed by atoms with Gasteiger partial charge in [0.15, 0.2) is 0 Å². The Kier molecular flexibility index (Phi) is 4.26. The van der Waals surface area contributed by atoms with Crippen LogP contribution in [0.2, 0.25) is 0 Å². The van der Waals surface area contributed by atoms with Gasteiger partial charge in [-0.25, -0.2) is 4.79 Å². The molecule has 0 radical (unpaired) electrons. The minimum atomic E-state index is -5.90. The van der Waals surface area contributed by atoms with Crippen molar-refractivity contribution < 1.29 is 43.9 Å². The second-order valence-corrected chi connectivity index (χ2v) is 8.57. The van der Waals surface area contributed by atoms with E-state index < -0.39 is 49.6 Å². The van der Waals surface area contributed by atoms with E-state index in [0.717, 1.165) is 6.26 Å². The van der Waals surface area contributed by atoms with E-state index in [1.807, 2.05) is 0 Å². The predicted molar refractivity (Wildman–Crippen MR) is 66.9 cm³/mol. The highest BCUT2D eigenvalue weighted by atomic mass is 32.2. The summed E-state index contributed by atoms with van der Waals surface area (Å²) in [7, 11) is -9.56. The lowest BCUT2D eigenvalue weighted by atomic mass is 9.95. The summed E-state index contributed by atoms with van der Waals surface area (Å²) in [6.07, 6.45) is 0.0610. The largest absolute Gasteiger partial charge is 0.465 e. The molecule has 0 aliphatic heterocycles. The van der Waals surface area contributed by atoms with Crippen molar-refractivity contribution in [1.29, 1.82) is 0 Å². The van der Waals surface area contributed by atoms with Crippen LogP contribution in [-0.2, 0) is 34.0 Å². The quantitative estimate of drug-likeness (QED) is 0.415. The van der Waals surface area contributed by atoms with Gasteiger partial charge in [-0.3, -0.25) is 8.74 Å². The fraction of sp³-hybridized carbons (Fsp3) is 0.900. The first kappa shape index (κ1) is 17.5. The molecule has 2 saturated carbocycles. The zero-order chi connectivity index (χ0) is 16.9. The summed E-state index contributed by atoms with van der Waals surface area (Å²) in [5.41, 5.74) is 0. The average Bonchev–Trinajstić information content (AvgIpc) is 2.84. The number of carbonyl (C=O) groups is 1. The van der Waals surface area contributed by atoms with Crippen molar-refractivity contribution >= 4 is 26.2 Å². The molecule has 128 valence electrons. The van der Waals surface area contributed by atoms with Gasteiger partial charge >= 0.3 is 21.3 Å². The Labute approximate surface area is 125 Å². The Balaban J connectivity index is 1.98. The molecule has 0 spiro atoms. The standard InChI is InChI=1S/C10H14F2O8S2/c1-21(14,15)20-8-4-5-2-6(8)3-7(5)19-9(13)10(11,12)22(16,17)18/h5-8H,2-4H2,1H3,(H,16,17,18). The Morgan fingerprint density at radius 1 is 1.09 bits per heavy atom. The van der Waals surface area contributed by atoms with Crippen LogP contribution in [-0.4, -0.2) is 51.1 Å². The van der Waals surface area contributed by atoms with Crippen LogP contribution in [0.3, 0.4) is 0 Å². The van der Waals surface area contributed by atoms with E-state index in [4.69, 9.17) is 8.74 Å². The second-order valence-electron chi connectivity index (χ2n) is 5.50. The molecular formula is C10H14F2O8S2. The van der Waals surface area contributed by atoms with Gasteiger partial charge in [0.2, 0.25) is 0 Å². The Hall–Kier alpha value is -0.850. The van der Waals surface area contributed by atoms with Gasteiger partial charge in [-0.15, -0.1) is 0 Å². The van der Waals surface area contributed by atoms with Crippen LogP contribution < -0.4 is 0 Å². The van der Waals surface area contributed by atoms with E-state index in [1.165, 1.54) is 0 Å². The predicted octanol–water partition coefficient (Wildman–Crippen LogP) is 0.153. The topological polar surface area (TPSA) is 124 Å². The lowest BCUT2D eigenvalue weighted by Crippen LogP contribution is -2.42. The zero-order valence-corrected chi connectivity index (χ0v) is 12.9. The van der Waals surface area contributed by atoms with Gasteiger partial charge in [0.1, 0.15) is 6.10 Å². The van der Waals surface area contributed by atoms with E-state index in [1.54, 1.807) is 0 Å². The molecule has 2 aliphatic rings. The summed E-state index contributed by atoms with van der Waals surface area (Å²) in [5.74, 6) is -3.01. The number of halogens is 2. The monoisotopic (exact) mass is 364 g/mol. The van der Waals surface area contributed by atoms with Crippen LogP contribution in [0.15, 0.2) is 0 Å². The molecule has 0 aromatic carbocycles. The molecule has 4 atom stereocenters. The molecule has 0 aromatic rings. The molecule has 0 aromatic heterocycles. The van der Waals surface area contributed by atoms with Crippen molar-refractivity contribution in [2.75, 3.05) is 6.26 Å². The van der Waals surface area contributed by atoms with Gasteiger partial charge in [0.25, 0.3) is 10.1 Å².